The first-order valence-electron chi connectivity index (χ1n) is 19.8. The van der Waals surface area contributed by atoms with Gasteiger partial charge < -0.3 is 0 Å². The second-order valence-electron chi connectivity index (χ2n) is 15.5. The Morgan fingerprint density at radius 1 is 0.364 bits per heavy atom. The molecule has 0 bridgehead atoms. The van der Waals surface area contributed by atoms with Crippen LogP contribution in [0.2, 0.25) is 0 Å². The van der Waals surface area contributed by atoms with Gasteiger partial charge in [0.25, 0.3) is 0 Å². The van der Waals surface area contributed by atoms with Gasteiger partial charge >= 0.3 is 0 Å². The molecule has 0 amide bonds. The number of rotatable bonds is 5. The van der Waals surface area contributed by atoms with E-state index in [1.165, 1.54) is 105 Å². The molecule has 2 aliphatic carbocycles. The van der Waals surface area contributed by atoms with Crippen LogP contribution >= 0.6 is 0 Å². The predicted octanol–water partition coefficient (Wildman–Crippen LogP) is 14.3. The van der Waals surface area contributed by atoms with Crippen LogP contribution in [0, 0.1) is 0 Å². The molecule has 0 saturated heterocycles. The van der Waals surface area contributed by atoms with Crippen LogP contribution < -0.4 is 0 Å². The summed E-state index contributed by atoms with van der Waals surface area (Å²) in [6.45, 7) is 0. The standard InChI is InChI=1S/C55H40/c1-2-13-37(14-3-1)53-35-43-27-25-40(34-55(43)51-21-9-8-20-50(51)53)39-24-26-42-32-44(47-18-6-7-19-49(47)54(42)33-39)31-36-12-10-16-41(30-36)46-22-11-23-48-45-17-5-4-15-38(45)28-29-52(46)48/h1-27,30,33-35,44H,28-29,31-32H2. The van der Waals surface area contributed by atoms with Crippen molar-refractivity contribution in [2.45, 2.75) is 31.6 Å². The zero-order valence-corrected chi connectivity index (χ0v) is 30.8. The predicted molar refractivity (Wildman–Crippen MR) is 233 cm³/mol. The molecule has 0 heterocycles. The number of hydrogen-bond donors (Lipinski definition) is 0. The molecule has 260 valence electrons. The average Bonchev–Trinajstić information content (AvgIpc) is 3.26. The maximum absolute atomic E-state index is 2.46. The summed E-state index contributed by atoms with van der Waals surface area (Å²) in [4.78, 5) is 0. The minimum Gasteiger partial charge on any atom is -0.0622 e. The largest absolute Gasteiger partial charge is 0.0622 e. The fraction of sp³-hybridized carbons (Fsp3) is 0.0909. The van der Waals surface area contributed by atoms with Crippen molar-refractivity contribution in [2.24, 2.45) is 0 Å². The van der Waals surface area contributed by atoms with Gasteiger partial charge in [-0.3, -0.25) is 0 Å². The van der Waals surface area contributed by atoms with E-state index >= 15 is 0 Å². The van der Waals surface area contributed by atoms with E-state index in [-0.39, 0.29) is 0 Å². The molecule has 0 heteroatoms. The van der Waals surface area contributed by atoms with Gasteiger partial charge in [-0.05, 0) is 155 Å². The van der Waals surface area contributed by atoms with Crippen molar-refractivity contribution in [3.63, 3.8) is 0 Å². The lowest BCUT2D eigenvalue weighted by molar-refractivity contribution is 0.673. The number of benzene rings is 9. The van der Waals surface area contributed by atoms with Crippen LogP contribution in [0.4, 0.5) is 0 Å². The number of aryl methyl sites for hydroxylation is 1. The van der Waals surface area contributed by atoms with Crippen molar-refractivity contribution in [1.29, 1.82) is 0 Å². The fourth-order valence-electron chi connectivity index (χ4n) is 9.77. The first-order chi connectivity index (χ1) is 27.2. The van der Waals surface area contributed by atoms with Gasteiger partial charge in [-0.15, -0.1) is 0 Å². The highest BCUT2D eigenvalue weighted by atomic mass is 14.3. The molecule has 2 aliphatic rings. The van der Waals surface area contributed by atoms with Gasteiger partial charge in [-0.2, -0.15) is 0 Å². The second kappa shape index (κ2) is 13.1. The highest BCUT2D eigenvalue weighted by Crippen LogP contribution is 2.44. The molecule has 0 saturated carbocycles. The minimum atomic E-state index is 0.423. The Hall–Kier alpha value is -6.50. The number of fused-ring (bicyclic) bond motifs is 9. The highest BCUT2D eigenvalue weighted by molar-refractivity contribution is 6.14. The van der Waals surface area contributed by atoms with Gasteiger partial charge in [0.2, 0.25) is 0 Å². The first kappa shape index (κ1) is 32.0. The summed E-state index contributed by atoms with van der Waals surface area (Å²) in [5.41, 5.74) is 20.6. The van der Waals surface area contributed by atoms with E-state index in [4.69, 9.17) is 0 Å². The molecule has 0 spiro atoms. The molecule has 0 nitrogen and oxygen atoms in total. The monoisotopic (exact) mass is 700 g/mol. The molecule has 55 heavy (non-hydrogen) atoms. The maximum Gasteiger partial charge on any atom is -0.00747 e. The van der Waals surface area contributed by atoms with Gasteiger partial charge in [0.15, 0.2) is 0 Å². The van der Waals surface area contributed by atoms with Crippen molar-refractivity contribution in [3.05, 3.63) is 216 Å². The van der Waals surface area contributed by atoms with Crippen LogP contribution in [0.5, 0.6) is 0 Å². The minimum absolute atomic E-state index is 0.423. The van der Waals surface area contributed by atoms with Gasteiger partial charge in [0.1, 0.15) is 0 Å². The molecule has 9 aromatic carbocycles. The summed E-state index contributed by atoms with van der Waals surface area (Å²) >= 11 is 0. The topological polar surface area (TPSA) is 0 Å². The van der Waals surface area contributed by atoms with E-state index in [0.717, 1.165) is 25.7 Å². The molecule has 0 radical (unpaired) electrons. The molecular weight excluding hydrogens is 661 g/mol. The Balaban J connectivity index is 0.925. The van der Waals surface area contributed by atoms with Gasteiger partial charge in [0.05, 0.1) is 0 Å². The Bertz CT molecular complexity index is 2930. The lowest BCUT2D eigenvalue weighted by atomic mass is 9.75. The van der Waals surface area contributed by atoms with Crippen molar-refractivity contribution < 1.29 is 0 Å². The lowest BCUT2D eigenvalue weighted by Gasteiger charge is -2.29. The van der Waals surface area contributed by atoms with Crippen LogP contribution in [0.1, 0.15) is 33.7 Å². The van der Waals surface area contributed by atoms with Gasteiger partial charge in [-0.1, -0.05) is 170 Å². The molecular formula is C55H40. The zero-order chi connectivity index (χ0) is 36.3. The average molecular weight is 701 g/mol. The molecule has 9 aromatic rings. The summed E-state index contributed by atoms with van der Waals surface area (Å²) in [7, 11) is 0. The van der Waals surface area contributed by atoms with E-state index < -0.39 is 0 Å². The molecule has 11 rings (SSSR count). The van der Waals surface area contributed by atoms with Crippen molar-refractivity contribution in [2.75, 3.05) is 0 Å². The summed E-state index contributed by atoms with van der Waals surface area (Å²) < 4.78 is 0. The van der Waals surface area contributed by atoms with Crippen LogP contribution in [0.3, 0.4) is 0 Å². The van der Waals surface area contributed by atoms with E-state index in [2.05, 4.69) is 188 Å². The van der Waals surface area contributed by atoms with E-state index in [9.17, 15) is 0 Å². The molecule has 1 unspecified atom stereocenters. The van der Waals surface area contributed by atoms with Crippen molar-refractivity contribution in [1.82, 2.24) is 0 Å². The summed E-state index contributed by atoms with van der Waals surface area (Å²) in [5, 5.41) is 5.17. The quantitative estimate of drug-likeness (QED) is 0.157. The summed E-state index contributed by atoms with van der Waals surface area (Å²) in [6, 6.07) is 70.6. The summed E-state index contributed by atoms with van der Waals surface area (Å²) in [6.07, 6.45) is 4.26. The maximum atomic E-state index is 2.46. The molecule has 0 N–H and O–H groups in total. The van der Waals surface area contributed by atoms with Crippen LogP contribution in [0.15, 0.2) is 188 Å². The van der Waals surface area contributed by atoms with E-state index in [1.54, 1.807) is 0 Å². The van der Waals surface area contributed by atoms with Gasteiger partial charge in [-0.25, -0.2) is 0 Å². The number of hydrogen-bond acceptors (Lipinski definition) is 0. The lowest BCUT2D eigenvalue weighted by Crippen LogP contribution is -2.14. The van der Waals surface area contributed by atoms with Crippen LogP contribution in [-0.2, 0) is 25.7 Å². The SMILES string of the molecule is c1ccc(-c2cc3ccc(-c4ccc5c(c4)-c4ccccc4C(Cc4cccc(-c6cccc7c6CCc6ccccc6-7)c4)C5)cc3c3ccccc23)cc1. The normalized spacial score (nSPS) is 14.2. The third-order valence-electron chi connectivity index (χ3n) is 12.4. The zero-order valence-electron chi connectivity index (χ0n) is 30.8. The van der Waals surface area contributed by atoms with Crippen molar-refractivity contribution >= 4 is 21.5 Å². The Labute approximate surface area is 323 Å². The second-order valence-corrected chi connectivity index (χ2v) is 15.5. The van der Waals surface area contributed by atoms with E-state index in [1.807, 2.05) is 0 Å². The highest BCUT2D eigenvalue weighted by Gasteiger charge is 2.26. The Kier molecular flexibility index (Phi) is 7.62. The third kappa shape index (κ3) is 5.52. The van der Waals surface area contributed by atoms with Crippen LogP contribution in [-0.4, -0.2) is 0 Å². The Morgan fingerprint density at radius 2 is 1.07 bits per heavy atom. The molecule has 0 fully saturated rings. The van der Waals surface area contributed by atoms with Gasteiger partial charge in [0, 0.05) is 0 Å². The smallest absolute Gasteiger partial charge is 0.00747 e. The fourth-order valence-corrected chi connectivity index (χ4v) is 9.77. The Morgan fingerprint density at radius 3 is 2.00 bits per heavy atom. The third-order valence-corrected chi connectivity index (χ3v) is 12.4. The van der Waals surface area contributed by atoms with Crippen molar-refractivity contribution in [3.8, 4) is 55.6 Å². The molecule has 0 aromatic heterocycles. The first-order valence-corrected chi connectivity index (χ1v) is 19.8. The van der Waals surface area contributed by atoms with Crippen LogP contribution in [0.25, 0.3) is 77.2 Å². The van der Waals surface area contributed by atoms with E-state index in [0.29, 0.717) is 5.92 Å². The summed E-state index contributed by atoms with van der Waals surface area (Å²) in [5.74, 6) is 0.423. The molecule has 0 aliphatic heterocycles. The molecule has 1 atom stereocenters.